The van der Waals surface area contributed by atoms with Crippen LogP contribution in [0.1, 0.15) is 38.4 Å². The van der Waals surface area contributed by atoms with Crippen molar-refractivity contribution >= 4 is 11.7 Å². The topological polar surface area (TPSA) is 85.1 Å². The summed E-state index contributed by atoms with van der Waals surface area (Å²) in [5.41, 5.74) is 0. The smallest absolute Gasteiger partial charge is 0.228 e. The number of aromatic nitrogens is 2. The molecule has 1 amide bonds. The number of hydrogen-bond donors (Lipinski definition) is 1. The van der Waals surface area contributed by atoms with E-state index in [-0.39, 0.29) is 11.7 Å². The van der Waals surface area contributed by atoms with Crippen LogP contribution < -0.4 is 5.32 Å². The molecule has 0 saturated carbocycles. The molecule has 0 aromatic carbocycles. The van der Waals surface area contributed by atoms with Crippen molar-refractivity contribution in [1.29, 1.82) is 0 Å². The molecule has 0 aliphatic rings. The number of hydrogen-bond acceptors (Lipinski definition) is 5. The van der Waals surface area contributed by atoms with Crippen molar-refractivity contribution in [2.45, 2.75) is 39.5 Å². The Labute approximate surface area is 99.8 Å². The third kappa shape index (κ3) is 5.24. The number of amides is 1. The van der Waals surface area contributed by atoms with Gasteiger partial charge in [0.15, 0.2) is 5.82 Å². The summed E-state index contributed by atoms with van der Waals surface area (Å²) in [6.45, 7) is 3.81. The lowest BCUT2D eigenvalue weighted by molar-refractivity contribution is -0.120. The van der Waals surface area contributed by atoms with Crippen molar-refractivity contribution in [2.75, 3.05) is 6.54 Å². The molecule has 0 saturated heterocycles. The fourth-order valence-corrected chi connectivity index (χ4v) is 1.21. The van der Waals surface area contributed by atoms with Crippen molar-refractivity contribution in [2.24, 2.45) is 0 Å². The van der Waals surface area contributed by atoms with Gasteiger partial charge in [0.2, 0.25) is 11.8 Å². The second-order valence-corrected chi connectivity index (χ2v) is 3.76. The number of nitrogens with zero attached hydrogens (tertiary/aromatic N) is 2. The molecule has 94 valence electrons. The van der Waals surface area contributed by atoms with Crippen LogP contribution in [0.3, 0.4) is 0 Å². The van der Waals surface area contributed by atoms with Crippen LogP contribution in [0.25, 0.3) is 0 Å². The van der Waals surface area contributed by atoms with E-state index in [0.29, 0.717) is 43.9 Å². The maximum absolute atomic E-state index is 11.0. The third-order valence-electron chi connectivity index (χ3n) is 2.19. The molecule has 1 aromatic rings. The van der Waals surface area contributed by atoms with E-state index in [4.69, 9.17) is 4.52 Å². The highest BCUT2D eigenvalue weighted by Crippen LogP contribution is 2.01. The number of aryl methyl sites for hydroxylation is 1. The number of rotatable bonds is 7. The molecule has 0 aliphatic carbocycles. The summed E-state index contributed by atoms with van der Waals surface area (Å²) in [5.74, 6) is 1.13. The van der Waals surface area contributed by atoms with E-state index in [1.165, 1.54) is 6.92 Å². The second kappa shape index (κ2) is 6.78. The van der Waals surface area contributed by atoms with E-state index < -0.39 is 0 Å². The molecule has 1 aromatic heterocycles. The summed E-state index contributed by atoms with van der Waals surface area (Å²) < 4.78 is 4.99. The van der Waals surface area contributed by atoms with Gasteiger partial charge < -0.3 is 14.6 Å². The van der Waals surface area contributed by atoms with Crippen LogP contribution >= 0.6 is 0 Å². The van der Waals surface area contributed by atoms with Crippen molar-refractivity contribution < 1.29 is 14.1 Å². The Hall–Kier alpha value is -1.72. The predicted octanol–water partition coefficient (Wildman–Crippen LogP) is 0.660. The summed E-state index contributed by atoms with van der Waals surface area (Å²) in [7, 11) is 0. The molecule has 0 bridgehead atoms. The number of nitrogens with one attached hydrogen (secondary N) is 1. The minimum atomic E-state index is 0.00122. The Morgan fingerprint density at radius 2 is 2.12 bits per heavy atom. The zero-order valence-corrected chi connectivity index (χ0v) is 10.2. The van der Waals surface area contributed by atoms with Crippen LogP contribution in [-0.4, -0.2) is 28.4 Å². The average Bonchev–Trinajstić information content (AvgIpc) is 2.74. The molecule has 0 spiro atoms. The Morgan fingerprint density at radius 3 is 2.76 bits per heavy atom. The normalized spacial score (nSPS) is 10.2. The summed E-state index contributed by atoms with van der Waals surface area (Å²) in [6.07, 6.45) is 1.90. The van der Waals surface area contributed by atoms with Gasteiger partial charge in [-0.25, -0.2) is 0 Å². The van der Waals surface area contributed by atoms with Crippen LogP contribution in [-0.2, 0) is 22.4 Å². The van der Waals surface area contributed by atoms with Crippen LogP contribution in [0.4, 0.5) is 0 Å². The zero-order valence-electron chi connectivity index (χ0n) is 10.2. The number of carbonyl (C=O) groups is 2. The molecule has 17 heavy (non-hydrogen) atoms. The third-order valence-corrected chi connectivity index (χ3v) is 2.19. The number of ketones is 1. The van der Waals surface area contributed by atoms with Crippen molar-refractivity contribution in [3.05, 3.63) is 11.7 Å². The van der Waals surface area contributed by atoms with Gasteiger partial charge in [-0.3, -0.25) is 4.79 Å². The number of carbonyl (C=O) groups excluding carboxylic acids is 2. The lowest BCUT2D eigenvalue weighted by Crippen LogP contribution is -2.24. The summed E-state index contributed by atoms with van der Waals surface area (Å²) in [4.78, 5) is 25.9. The summed E-state index contributed by atoms with van der Waals surface area (Å²) in [5, 5.41) is 6.47. The second-order valence-electron chi connectivity index (χ2n) is 3.76. The highest BCUT2D eigenvalue weighted by Gasteiger charge is 2.07. The first-order chi connectivity index (χ1) is 8.11. The average molecular weight is 239 g/mol. The van der Waals surface area contributed by atoms with Crippen LogP contribution in [0.2, 0.25) is 0 Å². The van der Waals surface area contributed by atoms with Gasteiger partial charge in [-0.05, 0) is 6.92 Å². The van der Waals surface area contributed by atoms with Gasteiger partial charge >= 0.3 is 0 Å². The predicted molar refractivity (Wildman–Crippen MR) is 60.3 cm³/mol. The molecule has 0 fully saturated rings. The maximum Gasteiger partial charge on any atom is 0.228 e. The van der Waals surface area contributed by atoms with Crippen LogP contribution in [0.15, 0.2) is 4.52 Å². The molecule has 0 aliphatic heterocycles. The maximum atomic E-state index is 11.0. The fraction of sp³-hybridized carbons (Fsp3) is 0.636. The standard InChI is InChI=1S/C11H17N3O3/c1-3-10(16)12-7-6-11-13-9(14-17-11)5-4-8(2)15/h3-7H2,1-2H3,(H,12,16). The lowest BCUT2D eigenvalue weighted by Gasteiger charge is -1.98. The largest absolute Gasteiger partial charge is 0.356 e. The minimum absolute atomic E-state index is 0.00122. The molecule has 0 radical (unpaired) electrons. The summed E-state index contributed by atoms with van der Waals surface area (Å²) in [6, 6.07) is 0. The van der Waals surface area contributed by atoms with Crippen molar-refractivity contribution in [1.82, 2.24) is 15.5 Å². The molecule has 0 unspecified atom stereocenters. The van der Waals surface area contributed by atoms with Gasteiger partial charge in [0, 0.05) is 32.2 Å². The first-order valence-corrected chi connectivity index (χ1v) is 5.69. The van der Waals surface area contributed by atoms with E-state index in [0.717, 1.165) is 0 Å². The van der Waals surface area contributed by atoms with Crippen molar-refractivity contribution in [3.8, 4) is 0 Å². The molecule has 6 nitrogen and oxygen atoms in total. The minimum Gasteiger partial charge on any atom is -0.356 e. The quantitative estimate of drug-likeness (QED) is 0.755. The molecular weight excluding hydrogens is 222 g/mol. The Morgan fingerprint density at radius 1 is 1.35 bits per heavy atom. The highest BCUT2D eigenvalue weighted by atomic mass is 16.5. The van der Waals surface area contributed by atoms with Gasteiger partial charge in [-0.1, -0.05) is 12.1 Å². The molecular formula is C11H17N3O3. The van der Waals surface area contributed by atoms with Gasteiger partial charge in [-0.15, -0.1) is 0 Å². The van der Waals surface area contributed by atoms with E-state index in [9.17, 15) is 9.59 Å². The van der Waals surface area contributed by atoms with Crippen LogP contribution in [0, 0.1) is 0 Å². The molecule has 6 heteroatoms. The monoisotopic (exact) mass is 239 g/mol. The first kappa shape index (κ1) is 13.3. The Balaban J connectivity index is 2.30. The molecule has 0 atom stereocenters. The Bertz CT molecular complexity index is 387. The zero-order chi connectivity index (χ0) is 12.7. The fourth-order valence-electron chi connectivity index (χ4n) is 1.21. The van der Waals surface area contributed by atoms with E-state index in [1.54, 1.807) is 6.92 Å². The van der Waals surface area contributed by atoms with E-state index >= 15 is 0 Å². The van der Waals surface area contributed by atoms with Crippen molar-refractivity contribution in [3.63, 3.8) is 0 Å². The van der Waals surface area contributed by atoms with Gasteiger partial charge in [0.05, 0.1) is 0 Å². The van der Waals surface area contributed by atoms with Gasteiger partial charge in [0.25, 0.3) is 0 Å². The van der Waals surface area contributed by atoms with Gasteiger partial charge in [0.1, 0.15) is 5.78 Å². The highest BCUT2D eigenvalue weighted by molar-refractivity contribution is 5.75. The molecule has 1 heterocycles. The summed E-state index contributed by atoms with van der Waals surface area (Å²) >= 11 is 0. The van der Waals surface area contributed by atoms with Crippen LogP contribution in [0.5, 0.6) is 0 Å². The number of Topliss-reactive ketones (excluding diaryl/α,β-unsaturated/α-hetero) is 1. The SMILES string of the molecule is CCC(=O)NCCc1nc(CCC(C)=O)no1. The van der Waals surface area contributed by atoms with E-state index in [2.05, 4.69) is 15.5 Å². The van der Waals surface area contributed by atoms with E-state index in [1.807, 2.05) is 0 Å². The van der Waals surface area contributed by atoms with Gasteiger partial charge in [-0.2, -0.15) is 4.98 Å². The first-order valence-electron chi connectivity index (χ1n) is 5.69. The Kier molecular flexibility index (Phi) is 5.32. The molecule has 1 N–H and O–H groups in total. The lowest BCUT2D eigenvalue weighted by atomic mass is 10.2. The molecule has 1 rings (SSSR count).